The van der Waals surface area contributed by atoms with E-state index in [1.54, 1.807) is 19.2 Å². The summed E-state index contributed by atoms with van der Waals surface area (Å²) in [6.07, 6.45) is 1.29. The van der Waals surface area contributed by atoms with Crippen LogP contribution in [0.25, 0.3) is 10.9 Å². The predicted octanol–water partition coefficient (Wildman–Crippen LogP) is 3.55. The molecule has 0 amide bonds. The smallest absolute Gasteiger partial charge is 0.360 e. The number of hydrogen-bond acceptors (Lipinski definition) is 7. The Morgan fingerprint density at radius 3 is 2.71 bits per heavy atom. The van der Waals surface area contributed by atoms with Gasteiger partial charge in [0.15, 0.2) is 6.29 Å². The van der Waals surface area contributed by atoms with Gasteiger partial charge in [0, 0.05) is 59.6 Å². The number of rotatable bonds is 9. The highest BCUT2D eigenvalue weighted by Crippen LogP contribution is 2.33. The second kappa shape index (κ2) is 11.0. The minimum atomic E-state index is -4.72. The van der Waals surface area contributed by atoms with Crippen LogP contribution in [0.4, 0.5) is 13.2 Å². The molecule has 0 spiro atoms. The first kappa shape index (κ1) is 26.3. The average Bonchev–Trinajstić information content (AvgIpc) is 3.23. The summed E-state index contributed by atoms with van der Waals surface area (Å²) in [5.41, 5.74) is 2.72. The number of aldehydes is 1. The van der Waals surface area contributed by atoms with Gasteiger partial charge in [-0.2, -0.15) is 18.3 Å². The Labute approximate surface area is 201 Å². The lowest BCUT2D eigenvalue weighted by molar-refractivity contribution is -0.0861. The molecule has 1 saturated heterocycles. The number of piperidine rings is 1. The summed E-state index contributed by atoms with van der Waals surface area (Å²) in [5, 5.41) is 11.0. The summed E-state index contributed by atoms with van der Waals surface area (Å²) < 4.78 is 42.0. The molecular weight excluding hydrogens is 459 g/mol. The number of carbonyl (C=O) groups is 1. The molecule has 11 heteroatoms. The minimum Gasteiger partial charge on any atom is -0.360 e. The zero-order chi connectivity index (χ0) is 25.6. The molecule has 0 unspecified atom stereocenters. The van der Waals surface area contributed by atoms with Gasteiger partial charge in [-0.25, -0.2) is 0 Å². The SMILES string of the molecule is C=N/C=C(\C(=NCN[C@H]1CCC(C)(C)NC1)c1c[nH]c2c(C=O)c(/C=N\NC)ccc12)C(F)(F)F. The molecule has 35 heavy (non-hydrogen) atoms. The molecule has 1 aromatic heterocycles. The Kier molecular flexibility index (Phi) is 8.23. The van der Waals surface area contributed by atoms with Gasteiger partial charge >= 0.3 is 6.18 Å². The second-order valence-electron chi connectivity index (χ2n) is 8.89. The summed E-state index contributed by atoms with van der Waals surface area (Å²) >= 11 is 0. The quantitative estimate of drug-likeness (QED) is 0.246. The van der Waals surface area contributed by atoms with Crippen molar-refractivity contribution in [1.82, 2.24) is 21.0 Å². The lowest BCUT2D eigenvalue weighted by Gasteiger charge is -2.36. The van der Waals surface area contributed by atoms with Crippen LogP contribution in [-0.2, 0) is 0 Å². The van der Waals surface area contributed by atoms with Crippen LogP contribution < -0.4 is 16.1 Å². The van der Waals surface area contributed by atoms with Crippen LogP contribution in [0.3, 0.4) is 0 Å². The molecular formula is C24H30F3N7O. The minimum absolute atomic E-state index is 0.0210. The normalized spacial score (nSPS) is 19.3. The van der Waals surface area contributed by atoms with E-state index in [4.69, 9.17) is 0 Å². The van der Waals surface area contributed by atoms with Crippen molar-refractivity contribution < 1.29 is 18.0 Å². The van der Waals surface area contributed by atoms with E-state index in [0.29, 0.717) is 35.5 Å². The molecule has 1 fully saturated rings. The molecule has 4 N–H and O–H groups in total. The summed E-state index contributed by atoms with van der Waals surface area (Å²) in [4.78, 5) is 22.4. The van der Waals surface area contributed by atoms with Crippen LogP contribution in [-0.4, -0.2) is 67.9 Å². The highest BCUT2D eigenvalue weighted by Gasteiger charge is 2.38. The number of H-pyrrole nitrogens is 1. The van der Waals surface area contributed by atoms with Gasteiger partial charge in [0.05, 0.1) is 29.7 Å². The third kappa shape index (κ3) is 6.23. The van der Waals surface area contributed by atoms with E-state index in [-0.39, 0.29) is 35.1 Å². The fourth-order valence-electron chi connectivity index (χ4n) is 4.04. The standard InChI is InChI=1S/C24H30F3N7O/c1-23(2)8-7-16(10-33-23)31-14-32-22(20(12-28-3)24(25,26)27)18-11-30-21-17(18)6-5-15(9-34-29-4)19(21)13-35/h5-6,9,11-13,16,29-31,33H,3,7-8,10,14H2,1-2,4H3/b20-12+,32-22?,34-9-/t16-/m0/s1. The molecule has 0 saturated carbocycles. The number of hydrazone groups is 1. The van der Waals surface area contributed by atoms with Crippen molar-refractivity contribution in [3.05, 3.63) is 46.8 Å². The second-order valence-corrected chi connectivity index (χ2v) is 8.89. The van der Waals surface area contributed by atoms with E-state index in [2.05, 4.69) is 56.7 Å². The molecule has 2 heterocycles. The molecule has 1 aromatic carbocycles. The maximum Gasteiger partial charge on any atom is 0.419 e. The highest BCUT2D eigenvalue weighted by molar-refractivity contribution is 6.21. The fraction of sp³-hybridized carbons (Fsp3) is 0.417. The maximum absolute atomic E-state index is 14.0. The molecule has 0 bridgehead atoms. The topological polar surface area (TPSA) is 106 Å². The largest absolute Gasteiger partial charge is 0.419 e. The van der Waals surface area contributed by atoms with Gasteiger partial charge in [-0.1, -0.05) is 12.1 Å². The van der Waals surface area contributed by atoms with Gasteiger partial charge in [-0.15, -0.1) is 0 Å². The third-order valence-electron chi connectivity index (χ3n) is 5.98. The lowest BCUT2D eigenvalue weighted by Crippen LogP contribution is -2.52. The Morgan fingerprint density at radius 2 is 2.11 bits per heavy atom. The van der Waals surface area contributed by atoms with E-state index in [9.17, 15) is 18.0 Å². The molecule has 1 aliphatic rings. The summed E-state index contributed by atoms with van der Waals surface area (Å²) in [6, 6.07) is 3.34. The first-order chi connectivity index (χ1) is 16.6. The molecule has 0 radical (unpaired) electrons. The van der Waals surface area contributed by atoms with Crippen molar-refractivity contribution >= 4 is 35.8 Å². The summed E-state index contributed by atoms with van der Waals surface area (Å²) in [7, 11) is 1.61. The Bertz CT molecular complexity index is 1150. The molecule has 3 rings (SSSR count). The van der Waals surface area contributed by atoms with Crippen molar-refractivity contribution in [3.63, 3.8) is 0 Å². The third-order valence-corrected chi connectivity index (χ3v) is 5.98. The Balaban J connectivity index is 2.03. The first-order valence-electron chi connectivity index (χ1n) is 11.2. The van der Waals surface area contributed by atoms with Crippen molar-refractivity contribution in [3.8, 4) is 0 Å². The zero-order valence-corrected chi connectivity index (χ0v) is 20.0. The molecule has 0 aliphatic carbocycles. The van der Waals surface area contributed by atoms with Gasteiger partial charge < -0.3 is 15.7 Å². The summed E-state index contributed by atoms with van der Waals surface area (Å²) in [6.45, 7) is 8.10. The number of halogens is 3. The lowest BCUT2D eigenvalue weighted by atomic mass is 9.91. The number of allylic oxidation sites excluding steroid dienone is 1. The Morgan fingerprint density at radius 1 is 1.34 bits per heavy atom. The van der Waals surface area contributed by atoms with Gasteiger partial charge in [0.2, 0.25) is 0 Å². The van der Waals surface area contributed by atoms with Crippen molar-refractivity contribution in [1.29, 1.82) is 0 Å². The Hall–Kier alpha value is -3.31. The number of aliphatic imine (C=N–C) groups is 2. The number of fused-ring (bicyclic) bond motifs is 1. The van der Waals surface area contributed by atoms with Crippen LogP contribution in [0.15, 0.2) is 45.2 Å². The van der Waals surface area contributed by atoms with E-state index < -0.39 is 11.7 Å². The number of hydrogen-bond donors (Lipinski definition) is 4. The monoisotopic (exact) mass is 489 g/mol. The molecule has 1 atom stereocenters. The summed E-state index contributed by atoms with van der Waals surface area (Å²) in [5.74, 6) is 0. The van der Waals surface area contributed by atoms with Gasteiger partial charge in [0.25, 0.3) is 0 Å². The highest BCUT2D eigenvalue weighted by atomic mass is 19.4. The van der Waals surface area contributed by atoms with Crippen molar-refractivity contribution in [2.75, 3.05) is 20.3 Å². The molecule has 8 nitrogen and oxygen atoms in total. The van der Waals surface area contributed by atoms with Crippen LogP contribution in [0, 0.1) is 0 Å². The number of aromatic amines is 1. The number of benzene rings is 1. The molecule has 2 aromatic rings. The van der Waals surface area contributed by atoms with Crippen LogP contribution in [0.5, 0.6) is 0 Å². The first-order valence-corrected chi connectivity index (χ1v) is 11.2. The number of nitrogens with zero attached hydrogens (tertiary/aromatic N) is 3. The number of alkyl halides is 3. The van der Waals surface area contributed by atoms with Crippen LogP contribution in [0.2, 0.25) is 0 Å². The van der Waals surface area contributed by atoms with Crippen molar-refractivity contribution in [2.45, 2.75) is 44.4 Å². The number of aromatic nitrogens is 1. The number of nitrogens with one attached hydrogen (secondary N) is 4. The van der Waals surface area contributed by atoms with E-state index in [1.807, 2.05) is 0 Å². The number of carbonyl (C=O) groups excluding carboxylic acids is 1. The van der Waals surface area contributed by atoms with Gasteiger partial charge in [-0.05, 0) is 33.4 Å². The van der Waals surface area contributed by atoms with Crippen LogP contribution >= 0.6 is 0 Å². The van der Waals surface area contributed by atoms with Crippen LogP contribution in [0.1, 0.15) is 48.2 Å². The van der Waals surface area contributed by atoms with Gasteiger partial charge in [0.1, 0.15) is 0 Å². The fourth-order valence-corrected chi connectivity index (χ4v) is 4.04. The maximum atomic E-state index is 14.0. The van der Waals surface area contributed by atoms with E-state index >= 15 is 0 Å². The van der Waals surface area contributed by atoms with Gasteiger partial charge in [-0.3, -0.25) is 20.1 Å². The predicted molar refractivity (Wildman–Crippen MR) is 134 cm³/mol. The van der Waals surface area contributed by atoms with E-state index in [1.165, 1.54) is 12.4 Å². The molecule has 188 valence electrons. The van der Waals surface area contributed by atoms with Crippen molar-refractivity contribution in [2.24, 2.45) is 15.1 Å². The molecule has 1 aliphatic heterocycles. The van der Waals surface area contributed by atoms with E-state index in [0.717, 1.165) is 12.8 Å². The average molecular weight is 490 g/mol. The zero-order valence-electron chi connectivity index (χ0n) is 20.0.